The molecular formula is C22H27NO3. The molecule has 4 heteroatoms. The van der Waals surface area contributed by atoms with Crippen molar-refractivity contribution in [2.24, 2.45) is 0 Å². The van der Waals surface area contributed by atoms with Gasteiger partial charge < -0.3 is 14.7 Å². The highest BCUT2D eigenvalue weighted by Crippen LogP contribution is 2.35. The summed E-state index contributed by atoms with van der Waals surface area (Å²) >= 11 is 0. The summed E-state index contributed by atoms with van der Waals surface area (Å²) in [5.74, 6) is -0.122. The second-order valence-electron chi connectivity index (χ2n) is 6.99. The number of benzene rings is 2. The van der Waals surface area contributed by atoms with Crippen molar-refractivity contribution < 1.29 is 14.6 Å². The monoisotopic (exact) mass is 353 g/mol. The zero-order chi connectivity index (χ0) is 18.4. The third kappa shape index (κ3) is 4.32. The highest BCUT2D eigenvalue weighted by atomic mass is 16.5. The normalized spacial score (nSPS) is 22.8. The molecule has 2 atom stereocenters. The lowest BCUT2D eigenvalue weighted by atomic mass is 10.0. The molecule has 2 aromatic rings. The van der Waals surface area contributed by atoms with Crippen molar-refractivity contribution in [2.45, 2.75) is 57.6 Å². The van der Waals surface area contributed by atoms with Crippen LogP contribution in [0.2, 0.25) is 0 Å². The predicted octanol–water partition coefficient (Wildman–Crippen LogP) is 3.88. The molecule has 0 aromatic heterocycles. The van der Waals surface area contributed by atoms with Gasteiger partial charge in [0.05, 0.1) is 6.61 Å². The largest absolute Gasteiger partial charge is 0.371 e. The average molecular weight is 353 g/mol. The van der Waals surface area contributed by atoms with E-state index in [0.717, 1.165) is 24.0 Å². The van der Waals surface area contributed by atoms with Gasteiger partial charge in [0.2, 0.25) is 0 Å². The summed E-state index contributed by atoms with van der Waals surface area (Å²) < 4.78 is 5.89. The van der Waals surface area contributed by atoms with Crippen molar-refractivity contribution in [3.05, 3.63) is 71.8 Å². The van der Waals surface area contributed by atoms with Crippen LogP contribution in [0.5, 0.6) is 0 Å². The number of nitrogens with zero attached hydrogens (tertiary/aromatic N) is 1. The topological polar surface area (TPSA) is 49.8 Å². The van der Waals surface area contributed by atoms with E-state index in [9.17, 15) is 9.90 Å². The molecule has 3 rings (SSSR count). The van der Waals surface area contributed by atoms with Gasteiger partial charge in [0.15, 0.2) is 0 Å². The minimum absolute atomic E-state index is 0.122. The summed E-state index contributed by atoms with van der Waals surface area (Å²) in [5, 5.41) is 11.2. The van der Waals surface area contributed by atoms with Crippen LogP contribution in [-0.2, 0) is 22.7 Å². The Kier molecular flexibility index (Phi) is 6.07. The number of ether oxygens (including phenoxy) is 1. The van der Waals surface area contributed by atoms with Gasteiger partial charge in [0.25, 0.3) is 5.91 Å². The fraction of sp³-hybridized carbons (Fsp3) is 0.409. The Labute approximate surface area is 155 Å². The van der Waals surface area contributed by atoms with Crippen LogP contribution in [0.15, 0.2) is 60.7 Å². The van der Waals surface area contributed by atoms with E-state index in [1.54, 1.807) is 4.90 Å². The number of carbonyl (C=O) groups excluding carboxylic acids is 1. The number of carbonyl (C=O) groups is 1. The van der Waals surface area contributed by atoms with E-state index in [1.165, 1.54) is 0 Å². The van der Waals surface area contributed by atoms with E-state index >= 15 is 0 Å². The van der Waals surface area contributed by atoms with Crippen LogP contribution in [0.3, 0.4) is 0 Å². The second kappa shape index (κ2) is 8.47. The fourth-order valence-electron chi connectivity index (χ4n) is 3.46. The van der Waals surface area contributed by atoms with E-state index in [2.05, 4.69) is 6.92 Å². The SMILES string of the molecule is CCCCC1(O)C[C@H](OCc2ccccc2)C(=O)N1Cc1ccccc1. The van der Waals surface area contributed by atoms with Crippen molar-refractivity contribution in [3.63, 3.8) is 0 Å². The maximum absolute atomic E-state index is 13.0. The fourth-order valence-corrected chi connectivity index (χ4v) is 3.46. The average Bonchev–Trinajstić information content (AvgIpc) is 2.91. The van der Waals surface area contributed by atoms with Gasteiger partial charge in [-0.15, -0.1) is 0 Å². The molecule has 1 unspecified atom stereocenters. The minimum atomic E-state index is -1.13. The lowest BCUT2D eigenvalue weighted by Gasteiger charge is -2.33. The third-order valence-corrected chi connectivity index (χ3v) is 4.96. The maximum Gasteiger partial charge on any atom is 0.254 e. The summed E-state index contributed by atoms with van der Waals surface area (Å²) in [5.41, 5.74) is 0.906. The number of hydrogen-bond donors (Lipinski definition) is 1. The number of unbranched alkanes of at least 4 members (excludes halogenated alkanes) is 1. The van der Waals surface area contributed by atoms with Crippen LogP contribution >= 0.6 is 0 Å². The first-order chi connectivity index (χ1) is 12.6. The molecule has 1 heterocycles. The molecule has 0 radical (unpaired) electrons. The molecule has 138 valence electrons. The zero-order valence-corrected chi connectivity index (χ0v) is 15.3. The van der Waals surface area contributed by atoms with Crippen LogP contribution in [0.4, 0.5) is 0 Å². The summed E-state index contributed by atoms with van der Waals surface area (Å²) in [6.45, 7) is 2.87. The molecule has 0 spiro atoms. The number of amides is 1. The van der Waals surface area contributed by atoms with Crippen molar-refractivity contribution in [2.75, 3.05) is 0 Å². The number of hydrogen-bond acceptors (Lipinski definition) is 3. The van der Waals surface area contributed by atoms with Gasteiger partial charge in [-0.1, -0.05) is 74.0 Å². The van der Waals surface area contributed by atoms with Gasteiger partial charge in [-0.05, 0) is 24.0 Å². The molecule has 2 aromatic carbocycles. The van der Waals surface area contributed by atoms with Crippen molar-refractivity contribution in [3.8, 4) is 0 Å². The standard InChI is InChI=1S/C22H27NO3/c1-2-3-14-22(25)15-20(26-17-19-12-8-5-9-13-19)21(24)23(22)16-18-10-6-4-7-11-18/h4-13,20,25H,2-3,14-17H2,1H3/t20-,22?/m0/s1. The van der Waals surface area contributed by atoms with Gasteiger partial charge >= 0.3 is 0 Å². The summed E-state index contributed by atoms with van der Waals surface area (Å²) in [4.78, 5) is 14.6. The van der Waals surface area contributed by atoms with Crippen LogP contribution in [-0.4, -0.2) is 27.7 Å². The van der Waals surface area contributed by atoms with Crippen molar-refractivity contribution in [1.82, 2.24) is 4.90 Å². The molecule has 0 saturated carbocycles. The van der Waals surface area contributed by atoms with E-state index < -0.39 is 11.8 Å². The molecule has 1 amide bonds. The molecule has 4 nitrogen and oxygen atoms in total. The van der Waals surface area contributed by atoms with Gasteiger partial charge in [0.1, 0.15) is 11.8 Å². The third-order valence-electron chi connectivity index (χ3n) is 4.96. The van der Waals surface area contributed by atoms with Crippen LogP contribution in [0, 0.1) is 0 Å². The summed E-state index contributed by atoms with van der Waals surface area (Å²) in [7, 11) is 0. The first-order valence-corrected chi connectivity index (χ1v) is 9.36. The van der Waals surface area contributed by atoms with Crippen molar-refractivity contribution in [1.29, 1.82) is 0 Å². The number of aliphatic hydroxyl groups is 1. The van der Waals surface area contributed by atoms with E-state index in [1.807, 2.05) is 60.7 Å². The van der Waals surface area contributed by atoms with E-state index in [4.69, 9.17) is 4.74 Å². The van der Waals surface area contributed by atoms with Gasteiger partial charge in [0, 0.05) is 13.0 Å². The Balaban J connectivity index is 1.73. The van der Waals surface area contributed by atoms with Gasteiger partial charge in [-0.25, -0.2) is 0 Å². The maximum atomic E-state index is 13.0. The first-order valence-electron chi connectivity index (χ1n) is 9.36. The number of rotatable bonds is 8. The molecule has 1 aliphatic rings. The smallest absolute Gasteiger partial charge is 0.254 e. The minimum Gasteiger partial charge on any atom is -0.371 e. The molecule has 1 saturated heterocycles. The lowest BCUT2D eigenvalue weighted by molar-refractivity contribution is -0.151. The Morgan fingerprint density at radius 3 is 2.31 bits per heavy atom. The highest BCUT2D eigenvalue weighted by molar-refractivity contribution is 5.84. The summed E-state index contributed by atoms with van der Waals surface area (Å²) in [6, 6.07) is 19.6. The van der Waals surface area contributed by atoms with E-state index in [0.29, 0.717) is 26.0 Å². The van der Waals surface area contributed by atoms with E-state index in [-0.39, 0.29) is 5.91 Å². The molecule has 1 fully saturated rings. The quantitative estimate of drug-likeness (QED) is 0.783. The van der Waals surface area contributed by atoms with Crippen LogP contribution < -0.4 is 0 Å². The Bertz CT molecular complexity index is 704. The Morgan fingerprint density at radius 1 is 1.08 bits per heavy atom. The molecule has 26 heavy (non-hydrogen) atoms. The molecule has 1 aliphatic heterocycles. The predicted molar refractivity (Wildman–Crippen MR) is 101 cm³/mol. The molecule has 0 aliphatic carbocycles. The highest BCUT2D eigenvalue weighted by Gasteiger charge is 2.49. The number of likely N-dealkylation sites (tertiary alicyclic amines) is 1. The van der Waals surface area contributed by atoms with Crippen LogP contribution in [0.1, 0.15) is 43.7 Å². The summed E-state index contributed by atoms with van der Waals surface area (Å²) in [6.07, 6.45) is 2.16. The second-order valence-corrected chi connectivity index (χ2v) is 6.99. The van der Waals surface area contributed by atoms with Gasteiger partial charge in [-0.3, -0.25) is 4.79 Å². The molecule has 0 bridgehead atoms. The molecule has 1 N–H and O–H groups in total. The molecular weight excluding hydrogens is 326 g/mol. The van der Waals surface area contributed by atoms with Crippen molar-refractivity contribution >= 4 is 5.91 Å². The lowest BCUT2D eigenvalue weighted by Crippen LogP contribution is -2.45. The van der Waals surface area contributed by atoms with Crippen LogP contribution in [0.25, 0.3) is 0 Å². The Morgan fingerprint density at radius 2 is 1.69 bits per heavy atom. The van der Waals surface area contributed by atoms with Gasteiger partial charge in [-0.2, -0.15) is 0 Å². The first kappa shape index (κ1) is 18.6. The zero-order valence-electron chi connectivity index (χ0n) is 15.3. The Hall–Kier alpha value is -2.17.